The van der Waals surface area contributed by atoms with E-state index in [2.05, 4.69) is 127 Å². The molecule has 130 valence electrons. The summed E-state index contributed by atoms with van der Waals surface area (Å²) in [6.07, 6.45) is 4.30. The molecule has 0 radical (unpaired) electrons. The van der Waals surface area contributed by atoms with Crippen LogP contribution in [0.3, 0.4) is 0 Å². The van der Waals surface area contributed by atoms with E-state index in [1.165, 1.54) is 21.1 Å². The summed E-state index contributed by atoms with van der Waals surface area (Å²) in [5, 5.41) is 5.44. The molecule has 4 aromatic rings. The van der Waals surface area contributed by atoms with Crippen LogP contribution in [0.4, 0.5) is 0 Å². The molecule has 1 aromatic heterocycles. The van der Waals surface area contributed by atoms with Crippen molar-refractivity contribution in [1.82, 2.24) is 9.13 Å². The Morgan fingerprint density at radius 1 is 0.500 bits per heavy atom. The first-order valence-electron chi connectivity index (χ1n) is 8.82. The second-order valence-corrected chi connectivity index (χ2v) is 9.79. The van der Waals surface area contributed by atoms with E-state index in [4.69, 9.17) is 0 Å². The van der Waals surface area contributed by atoms with E-state index in [9.17, 15) is 0 Å². The molecule has 3 aromatic carbocycles. The summed E-state index contributed by atoms with van der Waals surface area (Å²) in [5.41, 5.74) is 0. The lowest BCUT2D eigenvalue weighted by Gasteiger charge is -2.29. The maximum Gasteiger partial charge on any atom is 0.119 e. The van der Waals surface area contributed by atoms with Crippen LogP contribution < -0.4 is 15.9 Å². The van der Waals surface area contributed by atoms with Crippen LogP contribution in [-0.2, 0) is 14.1 Å². The highest BCUT2D eigenvalue weighted by Crippen LogP contribution is 2.47. The minimum absolute atomic E-state index is 1.33. The van der Waals surface area contributed by atoms with Gasteiger partial charge in [0.05, 0.1) is 0 Å². The molecular weight excluding hydrogens is 335 g/mol. The van der Waals surface area contributed by atoms with E-state index >= 15 is 0 Å². The van der Waals surface area contributed by atoms with Crippen molar-refractivity contribution in [1.29, 1.82) is 0 Å². The monoisotopic (exact) mass is 358 g/mol. The number of hydrogen-bond acceptors (Lipinski definition) is 0. The SMILES string of the molecule is Cn1ccn(C)c1=P(c1ccccc1)(c1ccccc1)c1ccccc1. The van der Waals surface area contributed by atoms with Gasteiger partial charge >= 0.3 is 0 Å². The van der Waals surface area contributed by atoms with E-state index in [1.807, 2.05) is 0 Å². The van der Waals surface area contributed by atoms with Gasteiger partial charge in [-0.15, -0.1) is 0 Å². The first kappa shape index (κ1) is 16.8. The third-order valence-electron chi connectivity index (χ3n) is 4.88. The van der Waals surface area contributed by atoms with Gasteiger partial charge in [-0.2, -0.15) is 0 Å². The average molecular weight is 358 g/mol. The van der Waals surface area contributed by atoms with Crippen LogP contribution >= 0.6 is 6.89 Å². The van der Waals surface area contributed by atoms with Gasteiger partial charge in [-0.05, 0) is 15.9 Å². The zero-order valence-corrected chi connectivity index (χ0v) is 16.1. The Balaban J connectivity index is 2.35. The summed E-state index contributed by atoms with van der Waals surface area (Å²) in [5.74, 6) is 0. The van der Waals surface area contributed by atoms with Crippen LogP contribution in [0.25, 0.3) is 0 Å². The van der Waals surface area contributed by atoms with E-state index in [0.717, 1.165) is 0 Å². The second kappa shape index (κ2) is 6.90. The molecule has 0 saturated heterocycles. The molecule has 0 aliphatic rings. The fourth-order valence-corrected chi connectivity index (χ4v) is 8.33. The topological polar surface area (TPSA) is 9.86 Å². The van der Waals surface area contributed by atoms with Crippen molar-refractivity contribution in [3.8, 4) is 0 Å². The van der Waals surface area contributed by atoms with Gasteiger partial charge in [-0.25, -0.2) is 0 Å². The van der Waals surface area contributed by atoms with E-state index in [0.29, 0.717) is 0 Å². The first-order chi connectivity index (χ1) is 12.7. The fraction of sp³-hybridized carbons (Fsp3) is 0.0870. The third-order valence-corrected chi connectivity index (χ3v) is 9.32. The van der Waals surface area contributed by atoms with Crippen LogP contribution in [0.15, 0.2) is 103 Å². The number of imidazole rings is 1. The zero-order valence-electron chi connectivity index (χ0n) is 15.2. The summed E-state index contributed by atoms with van der Waals surface area (Å²) in [7, 11) is 4.30. The minimum atomic E-state index is -2.01. The highest BCUT2D eigenvalue weighted by molar-refractivity contribution is 7.88. The number of rotatable bonds is 3. The van der Waals surface area contributed by atoms with Crippen molar-refractivity contribution in [3.63, 3.8) is 0 Å². The number of benzene rings is 3. The fourth-order valence-electron chi connectivity index (χ4n) is 3.80. The van der Waals surface area contributed by atoms with Gasteiger partial charge < -0.3 is 9.13 Å². The smallest absolute Gasteiger partial charge is 0.119 e. The molecule has 0 fully saturated rings. The van der Waals surface area contributed by atoms with Crippen molar-refractivity contribution in [2.24, 2.45) is 14.1 Å². The van der Waals surface area contributed by atoms with Crippen molar-refractivity contribution in [3.05, 3.63) is 109 Å². The zero-order chi connectivity index (χ0) is 18.0. The maximum atomic E-state index is 2.28. The van der Waals surface area contributed by atoms with Gasteiger partial charge in [0.25, 0.3) is 0 Å². The molecule has 0 bridgehead atoms. The van der Waals surface area contributed by atoms with Crippen molar-refractivity contribution in [2.75, 3.05) is 0 Å². The van der Waals surface area contributed by atoms with Gasteiger partial charge in [0.15, 0.2) is 0 Å². The predicted molar refractivity (Wildman–Crippen MR) is 113 cm³/mol. The molecule has 0 amide bonds. The molecule has 1 heterocycles. The van der Waals surface area contributed by atoms with Gasteiger partial charge in [0, 0.05) is 33.4 Å². The second-order valence-electron chi connectivity index (χ2n) is 6.50. The lowest BCUT2D eigenvalue weighted by Crippen LogP contribution is -2.27. The Hall–Kier alpha value is -2.70. The van der Waals surface area contributed by atoms with Crippen LogP contribution in [0.2, 0.25) is 0 Å². The van der Waals surface area contributed by atoms with Crippen molar-refractivity contribution in [2.45, 2.75) is 0 Å². The number of aromatic nitrogens is 2. The van der Waals surface area contributed by atoms with Crippen LogP contribution in [0, 0.1) is 5.20 Å². The molecule has 0 atom stereocenters. The van der Waals surface area contributed by atoms with Gasteiger partial charge in [0.1, 0.15) is 5.20 Å². The lowest BCUT2D eigenvalue weighted by molar-refractivity contribution is 0.809. The van der Waals surface area contributed by atoms with Crippen LogP contribution in [0.5, 0.6) is 0 Å². The molecule has 0 N–H and O–H groups in total. The maximum absolute atomic E-state index is 2.28. The Kier molecular flexibility index (Phi) is 4.44. The summed E-state index contributed by atoms with van der Waals surface area (Å²) in [4.78, 5) is 0. The molecule has 4 rings (SSSR count). The molecule has 0 spiro atoms. The van der Waals surface area contributed by atoms with E-state index in [-0.39, 0.29) is 0 Å². The summed E-state index contributed by atoms with van der Waals surface area (Å²) >= 11 is 0. The lowest BCUT2D eigenvalue weighted by atomic mass is 10.4. The van der Waals surface area contributed by atoms with Crippen LogP contribution in [0.1, 0.15) is 0 Å². The molecular formula is C23H23N2P. The minimum Gasteiger partial charge on any atom is -0.335 e. The Labute approximate surface area is 155 Å². The molecule has 0 aliphatic heterocycles. The number of aryl methyl sites for hydroxylation is 2. The molecule has 0 unspecified atom stereocenters. The van der Waals surface area contributed by atoms with Gasteiger partial charge in [0.2, 0.25) is 0 Å². The Bertz CT molecular complexity index is 965. The highest BCUT2D eigenvalue weighted by Gasteiger charge is 2.28. The molecule has 26 heavy (non-hydrogen) atoms. The molecule has 0 aliphatic carbocycles. The summed E-state index contributed by atoms with van der Waals surface area (Å²) < 4.78 is 4.56. The summed E-state index contributed by atoms with van der Waals surface area (Å²) in [6.45, 7) is -2.01. The van der Waals surface area contributed by atoms with Crippen molar-refractivity contribution >= 4 is 22.8 Å². The molecule has 2 nitrogen and oxygen atoms in total. The van der Waals surface area contributed by atoms with E-state index < -0.39 is 6.89 Å². The first-order valence-corrected chi connectivity index (χ1v) is 10.6. The normalized spacial score (nSPS) is 11.5. The van der Waals surface area contributed by atoms with Crippen molar-refractivity contribution < 1.29 is 0 Å². The largest absolute Gasteiger partial charge is 0.335 e. The molecule has 0 saturated carbocycles. The predicted octanol–water partition coefficient (Wildman–Crippen LogP) is 3.89. The third kappa shape index (κ3) is 2.58. The van der Waals surface area contributed by atoms with Gasteiger partial charge in [-0.1, -0.05) is 91.0 Å². The highest BCUT2D eigenvalue weighted by atomic mass is 31.2. The summed E-state index contributed by atoms with van der Waals surface area (Å²) in [6, 6.07) is 32.9. The van der Waals surface area contributed by atoms with E-state index in [1.54, 1.807) is 0 Å². The van der Waals surface area contributed by atoms with Crippen LogP contribution in [-0.4, -0.2) is 9.13 Å². The Morgan fingerprint density at radius 2 is 0.808 bits per heavy atom. The Morgan fingerprint density at radius 3 is 1.12 bits per heavy atom. The number of nitrogens with zero attached hydrogens (tertiary/aromatic N) is 2. The average Bonchev–Trinajstić information content (AvgIpc) is 3.04. The number of hydrogen-bond donors (Lipinski definition) is 0. The standard InChI is InChI=1S/C23H23N2P/c1-24-18-19-25(2)23(24)26(20-12-6-3-7-13-20,21-14-8-4-9-15-21)22-16-10-5-11-17-22/h3-19H,1-2H3. The molecule has 3 heteroatoms. The quantitative estimate of drug-likeness (QED) is 0.492. The van der Waals surface area contributed by atoms with Gasteiger partial charge in [-0.3, -0.25) is 0 Å².